The predicted octanol–water partition coefficient (Wildman–Crippen LogP) is 17.9. The van der Waals surface area contributed by atoms with E-state index in [1.807, 2.05) is 53.7 Å². The number of rotatable bonds is 24. The first-order chi connectivity index (χ1) is 31.5. The Bertz CT molecular complexity index is 2000. The molecule has 0 aliphatic rings. The molecule has 0 spiro atoms. The Morgan fingerprint density at radius 2 is 0.672 bits per heavy atom. The lowest BCUT2D eigenvalue weighted by molar-refractivity contribution is 0.0190. The minimum absolute atomic E-state index is 0.459. The lowest BCUT2D eigenvalue weighted by atomic mass is 9.69. The summed E-state index contributed by atoms with van der Waals surface area (Å²) < 4.78 is 25.1. The van der Waals surface area contributed by atoms with E-state index in [-0.39, 0.29) is 0 Å². The molecule has 0 fully saturated rings. The molecule has 0 bridgehead atoms. The van der Waals surface area contributed by atoms with Gasteiger partial charge in [-0.15, -0.1) is 0 Å². The van der Waals surface area contributed by atoms with Crippen LogP contribution in [-0.4, -0.2) is 23.5 Å². The first kappa shape index (κ1) is 55.0. The molecule has 0 unspecified atom stereocenters. The molecule has 0 saturated carbocycles. The van der Waals surface area contributed by atoms with E-state index in [0.717, 1.165) is 71.9 Å². The molecule has 6 nitrogen and oxygen atoms in total. The molecule has 4 rings (SSSR count). The highest BCUT2D eigenvalue weighted by Gasteiger charge is 2.40. The third-order valence-electron chi connectivity index (χ3n) is 13.3. The van der Waals surface area contributed by atoms with Crippen LogP contribution in [0.15, 0.2) is 84.9 Å². The van der Waals surface area contributed by atoms with Crippen molar-refractivity contribution in [1.29, 1.82) is 0 Å². The maximum atomic E-state index is 14.1. The van der Waals surface area contributed by atoms with E-state index in [4.69, 9.17) is 18.9 Å². The Hall–Kier alpha value is -4.58. The average Bonchev–Trinajstić information content (AvgIpc) is 3.25. The van der Waals surface area contributed by atoms with Gasteiger partial charge in [0.25, 0.3) is 0 Å². The second-order valence-corrected chi connectivity index (χ2v) is 22.5. The minimum atomic E-state index is -0.899. The molecule has 0 aliphatic carbocycles. The first-order valence-electron chi connectivity index (χ1n) is 25.8. The number of ether oxygens (including phenoxy) is 4. The molecule has 0 atom stereocenters. The van der Waals surface area contributed by atoms with Crippen molar-refractivity contribution in [3.8, 4) is 11.5 Å². The van der Waals surface area contributed by atoms with E-state index in [0.29, 0.717) is 11.5 Å². The highest BCUT2D eigenvalue weighted by atomic mass is 16.7. The van der Waals surface area contributed by atoms with E-state index < -0.39 is 39.8 Å². The van der Waals surface area contributed by atoms with E-state index in [2.05, 4.69) is 128 Å². The maximum absolute atomic E-state index is 14.1. The summed E-state index contributed by atoms with van der Waals surface area (Å²) in [6.07, 6.45) is 17.0. The molecule has 6 heteroatoms. The van der Waals surface area contributed by atoms with Gasteiger partial charge in [-0.25, -0.2) is 9.59 Å². The summed E-state index contributed by atoms with van der Waals surface area (Å²) in [6, 6.07) is 29.9. The van der Waals surface area contributed by atoms with Crippen LogP contribution in [0.5, 0.6) is 11.5 Å². The predicted molar refractivity (Wildman–Crippen MR) is 279 cm³/mol. The standard InChI is InChI=1S/C61H88O6/c1-15-17-19-21-23-25-29-35-45-41-49(59(9,10)47-37-31-27-32-38-47)53(64-55(62)66-57(3,4)5)51(43-45)61(13,14)52-44-46(36-30-26-24-22-20-18-16-2)42-50(54(52)65-56(63)67-58(6,7)8)60(11,12)48-39-33-28-34-40-48/h27-28,31-34,37-44H,15-26,29-30,35-36H2,1-14H3. The molecule has 0 amide bonds. The van der Waals surface area contributed by atoms with Crippen molar-refractivity contribution >= 4 is 12.3 Å². The molecule has 0 heterocycles. The van der Waals surface area contributed by atoms with E-state index >= 15 is 0 Å². The second kappa shape index (κ2) is 24.6. The Labute approximate surface area is 407 Å². The Morgan fingerprint density at radius 1 is 0.388 bits per heavy atom. The van der Waals surface area contributed by atoms with Crippen molar-refractivity contribution in [3.05, 3.63) is 129 Å². The molecule has 4 aromatic rings. The van der Waals surface area contributed by atoms with Gasteiger partial charge in [-0.2, -0.15) is 0 Å². The third-order valence-corrected chi connectivity index (χ3v) is 13.3. The van der Waals surface area contributed by atoms with Gasteiger partial charge in [-0.1, -0.05) is 217 Å². The minimum Gasteiger partial charge on any atom is -0.428 e. The number of hydrogen-bond acceptors (Lipinski definition) is 6. The van der Waals surface area contributed by atoms with Crippen molar-refractivity contribution in [2.24, 2.45) is 0 Å². The lowest BCUT2D eigenvalue weighted by Gasteiger charge is -2.37. The molecule has 4 aromatic carbocycles. The fraction of sp³-hybridized carbons (Fsp3) is 0.574. The van der Waals surface area contributed by atoms with Crippen molar-refractivity contribution in [2.75, 3.05) is 0 Å². The zero-order valence-corrected chi connectivity index (χ0v) is 44.3. The Kier molecular flexibility index (Phi) is 20.2. The summed E-state index contributed by atoms with van der Waals surface area (Å²) in [5.74, 6) is 0.918. The van der Waals surface area contributed by atoms with Gasteiger partial charge in [-0.05, 0) is 89.5 Å². The highest BCUT2D eigenvalue weighted by Crippen LogP contribution is 2.51. The van der Waals surface area contributed by atoms with Crippen LogP contribution in [0, 0.1) is 0 Å². The molecule has 0 saturated heterocycles. The number of aryl methyl sites for hydroxylation is 2. The first-order valence-corrected chi connectivity index (χ1v) is 25.8. The number of carbonyl (C=O) groups is 2. The van der Waals surface area contributed by atoms with E-state index in [1.165, 1.54) is 75.3 Å². The number of carbonyl (C=O) groups excluding carboxylic acids is 2. The van der Waals surface area contributed by atoms with Gasteiger partial charge in [0, 0.05) is 38.5 Å². The number of benzene rings is 4. The van der Waals surface area contributed by atoms with Gasteiger partial charge in [0.1, 0.15) is 22.7 Å². The van der Waals surface area contributed by atoms with Crippen LogP contribution in [0.1, 0.15) is 231 Å². The summed E-state index contributed by atoms with van der Waals surface area (Å²) in [4.78, 5) is 28.2. The van der Waals surface area contributed by atoms with Crippen LogP contribution < -0.4 is 9.47 Å². The van der Waals surface area contributed by atoms with E-state index in [1.54, 1.807) is 0 Å². The van der Waals surface area contributed by atoms with Crippen molar-refractivity contribution < 1.29 is 28.5 Å². The second-order valence-electron chi connectivity index (χ2n) is 22.5. The Morgan fingerprint density at radius 3 is 0.970 bits per heavy atom. The number of unbranched alkanes of at least 4 members (excludes halogenated alkanes) is 12. The summed E-state index contributed by atoms with van der Waals surface area (Å²) in [5, 5.41) is 0. The van der Waals surface area contributed by atoms with Crippen LogP contribution in [0.25, 0.3) is 0 Å². The number of hydrogen-bond donors (Lipinski definition) is 0. The van der Waals surface area contributed by atoms with Crippen LogP contribution >= 0.6 is 0 Å². The molecule has 0 aliphatic heterocycles. The largest absolute Gasteiger partial charge is 0.514 e. The van der Waals surface area contributed by atoms with Crippen LogP contribution in [0.4, 0.5) is 9.59 Å². The molecule has 67 heavy (non-hydrogen) atoms. The maximum Gasteiger partial charge on any atom is 0.514 e. The van der Waals surface area contributed by atoms with Gasteiger partial charge in [0.05, 0.1) is 0 Å². The summed E-state index contributed by atoms with van der Waals surface area (Å²) >= 11 is 0. The smallest absolute Gasteiger partial charge is 0.428 e. The summed E-state index contributed by atoms with van der Waals surface area (Å²) in [7, 11) is 0. The molecular weight excluding hydrogens is 829 g/mol. The molecule has 368 valence electrons. The average molecular weight is 917 g/mol. The van der Waals surface area contributed by atoms with Gasteiger partial charge in [0.15, 0.2) is 0 Å². The van der Waals surface area contributed by atoms with Crippen molar-refractivity contribution in [3.63, 3.8) is 0 Å². The molecule has 0 radical (unpaired) electrons. The SMILES string of the molecule is CCCCCCCCCc1cc(C(C)(C)c2ccccc2)c(OC(=O)OC(C)(C)C)c(C(C)(C)c2cc(CCCCCCCCC)cc(C(C)(C)c3ccccc3)c2OC(=O)OC(C)(C)C)c1. The monoisotopic (exact) mass is 917 g/mol. The van der Waals surface area contributed by atoms with Crippen LogP contribution in [0.3, 0.4) is 0 Å². The van der Waals surface area contributed by atoms with Crippen LogP contribution in [0.2, 0.25) is 0 Å². The molecule has 0 N–H and O–H groups in total. The fourth-order valence-electron chi connectivity index (χ4n) is 9.19. The zero-order chi connectivity index (χ0) is 49.5. The van der Waals surface area contributed by atoms with Crippen molar-refractivity contribution in [2.45, 2.75) is 227 Å². The topological polar surface area (TPSA) is 71.1 Å². The van der Waals surface area contributed by atoms with Gasteiger partial charge in [0.2, 0.25) is 0 Å². The fourth-order valence-corrected chi connectivity index (χ4v) is 9.19. The summed E-state index contributed by atoms with van der Waals surface area (Å²) in [5.41, 5.74) is 4.33. The van der Waals surface area contributed by atoms with Crippen molar-refractivity contribution in [1.82, 2.24) is 0 Å². The molecular formula is C61H88O6. The lowest BCUT2D eigenvalue weighted by Crippen LogP contribution is -2.32. The zero-order valence-electron chi connectivity index (χ0n) is 44.3. The normalized spacial score (nSPS) is 12.5. The van der Waals surface area contributed by atoms with Gasteiger partial charge in [-0.3, -0.25) is 0 Å². The highest BCUT2D eigenvalue weighted by molar-refractivity contribution is 5.71. The van der Waals surface area contributed by atoms with Gasteiger partial charge >= 0.3 is 12.3 Å². The van der Waals surface area contributed by atoms with Gasteiger partial charge < -0.3 is 18.9 Å². The quantitative estimate of drug-likeness (QED) is 0.0396. The third kappa shape index (κ3) is 16.3. The summed E-state index contributed by atoms with van der Waals surface area (Å²) in [6.45, 7) is 28.8. The van der Waals surface area contributed by atoms with Crippen LogP contribution in [-0.2, 0) is 38.6 Å². The van der Waals surface area contributed by atoms with E-state index in [9.17, 15) is 9.59 Å². The molecule has 0 aromatic heterocycles. The Balaban J connectivity index is 2.09.